The second kappa shape index (κ2) is 8.19. The van der Waals surface area contributed by atoms with E-state index in [0.717, 1.165) is 17.5 Å². The molecule has 2 aliphatic rings. The predicted octanol–water partition coefficient (Wildman–Crippen LogP) is 5.15. The number of carbonyl (C=O) groups excluding carboxylic acids is 2. The Morgan fingerprint density at radius 1 is 0.917 bits per heavy atom. The number of aryl methyl sites for hydroxylation is 1. The number of hydrogen-bond acceptors (Lipinski definition) is 4. The van der Waals surface area contributed by atoms with Crippen molar-refractivity contribution in [3.8, 4) is 0 Å². The van der Waals surface area contributed by atoms with E-state index in [1.807, 2.05) is 74.5 Å². The summed E-state index contributed by atoms with van der Waals surface area (Å²) in [7, 11) is 0. The third-order valence-electron chi connectivity index (χ3n) is 7.31. The van der Waals surface area contributed by atoms with Crippen LogP contribution in [0.3, 0.4) is 0 Å². The predicted molar refractivity (Wildman–Crippen MR) is 138 cm³/mol. The van der Waals surface area contributed by atoms with Crippen LogP contribution in [0.15, 0.2) is 82.0 Å². The molecule has 6 heteroatoms. The first-order valence-corrected chi connectivity index (χ1v) is 12.3. The maximum Gasteiger partial charge on any atom is 0.291 e. The number of hydrogen-bond donors (Lipinski definition) is 0. The highest BCUT2D eigenvalue weighted by Crippen LogP contribution is 2.52. The molecular weight excluding hydrogens is 452 g/mol. The van der Waals surface area contributed by atoms with Crippen molar-refractivity contribution in [3.05, 3.63) is 111 Å². The summed E-state index contributed by atoms with van der Waals surface area (Å²) in [5.74, 6) is -0.741. The molecule has 1 spiro atoms. The van der Waals surface area contributed by atoms with Crippen LogP contribution in [-0.4, -0.2) is 23.3 Å². The van der Waals surface area contributed by atoms with E-state index in [9.17, 15) is 14.4 Å². The lowest BCUT2D eigenvalue weighted by molar-refractivity contribution is -0.126. The van der Waals surface area contributed by atoms with Gasteiger partial charge in [0.15, 0.2) is 11.0 Å². The molecule has 1 aromatic heterocycles. The van der Waals surface area contributed by atoms with Crippen LogP contribution in [0.1, 0.15) is 52.6 Å². The first-order chi connectivity index (χ1) is 17.5. The van der Waals surface area contributed by atoms with Gasteiger partial charge in [-0.15, -0.1) is 0 Å². The molecule has 180 valence electrons. The zero-order valence-electron chi connectivity index (χ0n) is 20.3. The van der Waals surface area contributed by atoms with Crippen molar-refractivity contribution in [1.82, 2.24) is 4.90 Å². The SMILES string of the molecule is CCCCN1C(=O)c2oc3ccc(C)cc3c(=O)c2C12C(=O)N(Cc1ccccc1)c1ccccc12. The summed E-state index contributed by atoms with van der Waals surface area (Å²) in [4.78, 5) is 45.8. The average molecular weight is 479 g/mol. The van der Waals surface area contributed by atoms with E-state index in [1.54, 1.807) is 21.9 Å². The van der Waals surface area contributed by atoms with Gasteiger partial charge in [-0.1, -0.05) is 73.5 Å². The van der Waals surface area contributed by atoms with Crippen LogP contribution in [0, 0.1) is 6.92 Å². The van der Waals surface area contributed by atoms with E-state index in [0.29, 0.717) is 41.7 Å². The van der Waals surface area contributed by atoms with E-state index in [4.69, 9.17) is 4.42 Å². The molecule has 1 atom stereocenters. The summed E-state index contributed by atoms with van der Waals surface area (Å²) >= 11 is 0. The molecule has 0 bridgehead atoms. The summed E-state index contributed by atoms with van der Waals surface area (Å²) in [6.07, 6.45) is 1.53. The van der Waals surface area contributed by atoms with Crippen LogP contribution in [0.25, 0.3) is 11.0 Å². The molecule has 3 heterocycles. The lowest BCUT2D eigenvalue weighted by atomic mass is 9.83. The fourth-order valence-corrected chi connectivity index (χ4v) is 5.64. The third-order valence-corrected chi connectivity index (χ3v) is 7.31. The maximum atomic E-state index is 14.6. The highest BCUT2D eigenvalue weighted by Gasteiger charge is 2.64. The summed E-state index contributed by atoms with van der Waals surface area (Å²) in [6.45, 7) is 4.61. The summed E-state index contributed by atoms with van der Waals surface area (Å²) in [5, 5.41) is 0.380. The topological polar surface area (TPSA) is 70.8 Å². The van der Waals surface area contributed by atoms with Gasteiger partial charge in [0.05, 0.1) is 23.2 Å². The van der Waals surface area contributed by atoms with Crippen LogP contribution < -0.4 is 10.3 Å². The quantitative estimate of drug-likeness (QED) is 0.398. The smallest absolute Gasteiger partial charge is 0.291 e. The maximum absolute atomic E-state index is 14.6. The monoisotopic (exact) mass is 478 g/mol. The van der Waals surface area contributed by atoms with Gasteiger partial charge in [-0.25, -0.2) is 0 Å². The molecule has 1 unspecified atom stereocenters. The minimum absolute atomic E-state index is 0.0304. The van der Waals surface area contributed by atoms with Crippen LogP contribution in [0.5, 0.6) is 0 Å². The zero-order valence-corrected chi connectivity index (χ0v) is 20.3. The van der Waals surface area contributed by atoms with E-state index < -0.39 is 11.4 Å². The largest absolute Gasteiger partial charge is 0.450 e. The molecule has 0 saturated carbocycles. The normalized spacial score (nSPS) is 18.4. The number of rotatable bonds is 5. The number of fused-ring (bicyclic) bond motifs is 5. The van der Waals surface area contributed by atoms with Crippen molar-refractivity contribution in [2.24, 2.45) is 0 Å². The minimum atomic E-state index is -1.55. The molecule has 0 radical (unpaired) electrons. The molecule has 0 fully saturated rings. The molecule has 0 aliphatic carbocycles. The van der Waals surface area contributed by atoms with Crippen molar-refractivity contribution >= 4 is 28.5 Å². The van der Waals surface area contributed by atoms with E-state index in [2.05, 4.69) is 0 Å². The van der Waals surface area contributed by atoms with Gasteiger partial charge in [0, 0.05) is 12.1 Å². The Morgan fingerprint density at radius 3 is 2.44 bits per heavy atom. The lowest BCUT2D eigenvalue weighted by Crippen LogP contribution is -2.53. The number of benzene rings is 3. The number of nitrogens with zero attached hydrogens (tertiary/aromatic N) is 2. The summed E-state index contributed by atoms with van der Waals surface area (Å²) < 4.78 is 6.10. The molecule has 6 nitrogen and oxygen atoms in total. The Labute approximate surface area is 208 Å². The molecule has 2 amide bonds. The van der Waals surface area contributed by atoms with Crippen LogP contribution in [0.2, 0.25) is 0 Å². The number of amides is 2. The van der Waals surface area contributed by atoms with Gasteiger partial charge in [-0.05, 0) is 37.1 Å². The number of para-hydroxylation sites is 1. The van der Waals surface area contributed by atoms with Gasteiger partial charge < -0.3 is 14.2 Å². The Kier molecular flexibility index (Phi) is 5.07. The van der Waals surface area contributed by atoms with Crippen LogP contribution in [-0.2, 0) is 16.9 Å². The third kappa shape index (κ3) is 2.94. The van der Waals surface area contributed by atoms with Gasteiger partial charge in [-0.3, -0.25) is 14.4 Å². The number of anilines is 1. The number of unbranched alkanes of at least 4 members (excludes halogenated alkanes) is 1. The van der Waals surface area contributed by atoms with Crippen molar-refractivity contribution in [2.75, 3.05) is 11.4 Å². The van der Waals surface area contributed by atoms with E-state index >= 15 is 0 Å². The average Bonchev–Trinajstić information content (AvgIpc) is 3.28. The lowest BCUT2D eigenvalue weighted by Gasteiger charge is -2.34. The van der Waals surface area contributed by atoms with Gasteiger partial charge in [0.2, 0.25) is 5.76 Å². The van der Waals surface area contributed by atoms with Gasteiger partial charge in [-0.2, -0.15) is 0 Å². The van der Waals surface area contributed by atoms with Crippen molar-refractivity contribution in [3.63, 3.8) is 0 Å². The first-order valence-electron chi connectivity index (χ1n) is 12.3. The fourth-order valence-electron chi connectivity index (χ4n) is 5.64. The first kappa shape index (κ1) is 22.3. The Morgan fingerprint density at radius 2 is 1.67 bits per heavy atom. The molecular formula is C30H26N2O4. The molecule has 3 aromatic carbocycles. The molecule has 36 heavy (non-hydrogen) atoms. The molecule has 0 N–H and O–H groups in total. The van der Waals surface area contributed by atoms with Gasteiger partial charge >= 0.3 is 0 Å². The summed E-state index contributed by atoms with van der Waals surface area (Å²) in [6, 6.07) is 22.5. The van der Waals surface area contributed by atoms with E-state index in [-0.39, 0.29) is 22.7 Å². The Hall–Kier alpha value is -4.19. The van der Waals surface area contributed by atoms with Crippen LogP contribution >= 0.6 is 0 Å². The zero-order chi connectivity index (χ0) is 25.0. The highest BCUT2D eigenvalue weighted by atomic mass is 16.3. The van der Waals surface area contributed by atoms with Gasteiger partial charge in [0.25, 0.3) is 11.8 Å². The molecule has 6 rings (SSSR count). The number of carbonyl (C=O) groups is 2. The van der Waals surface area contributed by atoms with Crippen molar-refractivity contribution in [2.45, 2.75) is 38.8 Å². The van der Waals surface area contributed by atoms with Gasteiger partial charge in [0.1, 0.15) is 5.58 Å². The second-order valence-corrected chi connectivity index (χ2v) is 9.55. The van der Waals surface area contributed by atoms with E-state index in [1.165, 1.54) is 0 Å². The minimum Gasteiger partial charge on any atom is -0.450 e. The van der Waals surface area contributed by atoms with Crippen LogP contribution in [0.4, 0.5) is 5.69 Å². The van der Waals surface area contributed by atoms with Crippen molar-refractivity contribution in [1.29, 1.82) is 0 Å². The standard InChI is InChI=1S/C30H26N2O4/c1-3-4-16-32-28(34)27-25(26(33)21-17-19(2)14-15-24(21)36-27)30(32)22-12-8-9-13-23(22)31(29(30)35)18-20-10-6-5-7-11-20/h5-15,17H,3-4,16,18H2,1-2H3. The molecule has 4 aromatic rings. The summed E-state index contributed by atoms with van der Waals surface area (Å²) in [5.41, 5.74) is 1.83. The molecule has 0 saturated heterocycles. The van der Waals surface area contributed by atoms with Crippen molar-refractivity contribution < 1.29 is 14.0 Å². The highest BCUT2D eigenvalue weighted by molar-refractivity contribution is 6.17. The Balaban J connectivity index is 1.66. The Bertz CT molecular complexity index is 1590. The fraction of sp³-hybridized carbons (Fsp3) is 0.233. The molecule has 2 aliphatic heterocycles. The second-order valence-electron chi connectivity index (χ2n) is 9.55.